The average molecular weight is 324 g/mol. The SMILES string of the molecule is NCC#Cc1ccc(S(=O)(=O)NCCC(F)(F)F)c(F)c1. The van der Waals surface area contributed by atoms with Crippen LogP contribution >= 0.6 is 0 Å². The van der Waals surface area contributed by atoms with Crippen LogP contribution in [0.3, 0.4) is 0 Å². The van der Waals surface area contributed by atoms with E-state index in [4.69, 9.17) is 5.73 Å². The van der Waals surface area contributed by atoms with Crippen molar-refractivity contribution >= 4 is 10.0 Å². The highest BCUT2D eigenvalue weighted by atomic mass is 32.2. The van der Waals surface area contributed by atoms with E-state index in [-0.39, 0.29) is 12.1 Å². The number of hydrogen-bond donors (Lipinski definition) is 2. The zero-order valence-corrected chi connectivity index (χ0v) is 11.5. The summed E-state index contributed by atoms with van der Waals surface area (Å²) in [7, 11) is -4.35. The topological polar surface area (TPSA) is 72.2 Å². The lowest BCUT2D eigenvalue weighted by atomic mass is 10.2. The van der Waals surface area contributed by atoms with Gasteiger partial charge in [0, 0.05) is 12.1 Å². The summed E-state index contributed by atoms with van der Waals surface area (Å²) in [6.07, 6.45) is -5.84. The predicted octanol–water partition coefficient (Wildman–Crippen LogP) is 1.37. The van der Waals surface area contributed by atoms with Crippen LogP contribution in [0.2, 0.25) is 0 Å². The van der Waals surface area contributed by atoms with Crippen LogP contribution < -0.4 is 10.5 Å². The van der Waals surface area contributed by atoms with E-state index in [2.05, 4.69) is 11.8 Å². The Morgan fingerprint density at radius 3 is 2.48 bits per heavy atom. The monoisotopic (exact) mass is 324 g/mol. The maximum Gasteiger partial charge on any atom is 0.390 e. The second-order valence-electron chi connectivity index (χ2n) is 3.91. The Morgan fingerprint density at radius 2 is 1.95 bits per heavy atom. The Labute approximate surface area is 119 Å². The zero-order valence-electron chi connectivity index (χ0n) is 10.7. The Bertz CT molecular complexity index is 660. The lowest BCUT2D eigenvalue weighted by Gasteiger charge is -2.09. The molecule has 21 heavy (non-hydrogen) atoms. The van der Waals surface area contributed by atoms with Crippen LogP contribution in [0.25, 0.3) is 0 Å². The summed E-state index contributed by atoms with van der Waals surface area (Å²) in [5.41, 5.74) is 5.35. The third-order valence-corrected chi connectivity index (χ3v) is 3.75. The van der Waals surface area contributed by atoms with Crippen LogP contribution in [-0.4, -0.2) is 27.7 Å². The highest BCUT2D eigenvalue weighted by Gasteiger charge is 2.28. The number of benzene rings is 1. The molecule has 0 aliphatic carbocycles. The Balaban J connectivity index is 2.89. The van der Waals surface area contributed by atoms with Gasteiger partial charge in [0.15, 0.2) is 0 Å². The van der Waals surface area contributed by atoms with Crippen molar-refractivity contribution in [1.29, 1.82) is 0 Å². The summed E-state index contributed by atoms with van der Waals surface area (Å²) in [5, 5.41) is 0. The van der Waals surface area contributed by atoms with E-state index in [0.717, 1.165) is 12.1 Å². The van der Waals surface area contributed by atoms with Gasteiger partial charge in [-0.25, -0.2) is 17.5 Å². The van der Waals surface area contributed by atoms with Gasteiger partial charge in [-0.1, -0.05) is 11.8 Å². The zero-order chi connectivity index (χ0) is 16.1. The molecule has 0 heterocycles. The van der Waals surface area contributed by atoms with Crippen LogP contribution in [0.5, 0.6) is 0 Å². The Kier molecular flexibility index (Phi) is 5.71. The fourth-order valence-corrected chi connectivity index (χ4v) is 2.44. The van der Waals surface area contributed by atoms with Gasteiger partial charge in [-0.2, -0.15) is 13.2 Å². The lowest BCUT2D eigenvalue weighted by Crippen LogP contribution is -2.28. The number of hydrogen-bond acceptors (Lipinski definition) is 3. The molecule has 9 heteroatoms. The molecule has 116 valence electrons. The minimum Gasteiger partial charge on any atom is -0.320 e. The van der Waals surface area contributed by atoms with E-state index < -0.39 is 39.9 Å². The van der Waals surface area contributed by atoms with E-state index in [9.17, 15) is 26.0 Å². The van der Waals surface area contributed by atoms with Crippen molar-refractivity contribution in [2.75, 3.05) is 13.1 Å². The normalized spacial score (nSPS) is 11.9. The van der Waals surface area contributed by atoms with E-state index in [1.807, 2.05) is 0 Å². The van der Waals surface area contributed by atoms with Crippen LogP contribution in [0.1, 0.15) is 12.0 Å². The van der Waals surface area contributed by atoms with E-state index in [0.29, 0.717) is 0 Å². The van der Waals surface area contributed by atoms with Gasteiger partial charge in [-0.15, -0.1) is 0 Å². The van der Waals surface area contributed by atoms with Gasteiger partial charge in [0.1, 0.15) is 10.7 Å². The van der Waals surface area contributed by atoms with Gasteiger partial charge in [-0.3, -0.25) is 0 Å². The van der Waals surface area contributed by atoms with Gasteiger partial charge in [0.25, 0.3) is 0 Å². The third kappa shape index (κ3) is 5.71. The summed E-state index contributed by atoms with van der Waals surface area (Å²) < 4.78 is 74.6. The van der Waals surface area contributed by atoms with Crippen molar-refractivity contribution in [2.45, 2.75) is 17.5 Å². The standard InChI is InChI=1S/C12H12F4N2O2S/c13-10-8-9(2-1-6-17)3-4-11(10)21(19,20)18-7-5-12(14,15)16/h3-4,8,18H,5-7,17H2. The van der Waals surface area contributed by atoms with Crippen molar-refractivity contribution in [2.24, 2.45) is 5.73 Å². The van der Waals surface area contributed by atoms with Gasteiger partial charge in [0.2, 0.25) is 10.0 Å². The molecule has 1 aromatic rings. The molecule has 0 amide bonds. The molecule has 0 fully saturated rings. The van der Waals surface area contributed by atoms with Gasteiger partial charge in [0.05, 0.1) is 13.0 Å². The molecule has 3 N–H and O–H groups in total. The molecule has 4 nitrogen and oxygen atoms in total. The fourth-order valence-electron chi connectivity index (χ4n) is 1.35. The molecule has 0 aliphatic rings. The van der Waals surface area contributed by atoms with Crippen molar-refractivity contribution in [1.82, 2.24) is 4.72 Å². The first-order valence-corrected chi connectivity index (χ1v) is 7.19. The summed E-state index contributed by atoms with van der Waals surface area (Å²) in [5.74, 6) is 3.87. The largest absolute Gasteiger partial charge is 0.390 e. The average Bonchev–Trinajstić information content (AvgIpc) is 2.34. The second kappa shape index (κ2) is 6.89. The molecule has 0 spiro atoms. The Hall–Kier alpha value is -1.63. The first-order valence-electron chi connectivity index (χ1n) is 5.70. The molecule has 1 rings (SSSR count). The van der Waals surface area contributed by atoms with Gasteiger partial charge >= 0.3 is 6.18 Å². The number of nitrogens with one attached hydrogen (secondary N) is 1. The van der Waals surface area contributed by atoms with Crippen molar-refractivity contribution in [3.05, 3.63) is 29.6 Å². The van der Waals surface area contributed by atoms with Gasteiger partial charge in [-0.05, 0) is 18.2 Å². The van der Waals surface area contributed by atoms with E-state index in [1.54, 1.807) is 4.72 Å². The highest BCUT2D eigenvalue weighted by Crippen LogP contribution is 2.20. The minimum absolute atomic E-state index is 0.0562. The predicted molar refractivity (Wildman–Crippen MR) is 68.2 cm³/mol. The van der Waals surface area contributed by atoms with Crippen LogP contribution in [0, 0.1) is 17.7 Å². The number of alkyl halides is 3. The first-order chi connectivity index (χ1) is 9.65. The lowest BCUT2D eigenvalue weighted by molar-refractivity contribution is -0.132. The molecule has 0 bridgehead atoms. The van der Waals surface area contributed by atoms with E-state index in [1.165, 1.54) is 6.07 Å². The van der Waals surface area contributed by atoms with Crippen molar-refractivity contribution in [3.8, 4) is 11.8 Å². The maximum absolute atomic E-state index is 13.7. The summed E-state index contributed by atoms with van der Waals surface area (Å²) in [6.45, 7) is -0.805. The fraction of sp³-hybridized carbons (Fsp3) is 0.333. The molecule has 0 saturated heterocycles. The Morgan fingerprint density at radius 1 is 1.29 bits per heavy atom. The molecule has 0 saturated carbocycles. The summed E-state index contributed by atoms with van der Waals surface area (Å²) in [4.78, 5) is -0.733. The van der Waals surface area contributed by atoms with E-state index >= 15 is 0 Å². The van der Waals surface area contributed by atoms with Crippen LogP contribution in [-0.2, 0) is 10.0 Å². The molecule has 0 aliphatic heterocycles. The van der Waals surface area contributed by atoms with Crippen LogP contribution in [0.15, 0.2) is 23.1 Å². The number of nitrogens with two attached hydrogens (primary N) is 1. The second-order valence-corrected chi connectivity index (χ2v) is 5.65. The molecular weight excluding hydrogens is 312 g/mol. The first kappa shape index (κ1) is 17.4. The number of rotatable bonds is 4. The summed E-state index contributed by atoms with van der Waals surface area (Å²) in [6, 6.07) is 3.05. The number of sulfonamides is 1. The van der Waals surface area contributed by atoms with Crippen LogP contribution in [0.4, 0.5) is 17.6 Å². The quantitative estimate of drug-likeness (QED) is 0.649. The van der Waals surface area contributed by atoms with Gasteiger partial charge < -0.3 is 5.73 Å². The third-order valence-electron chi connectivity index (χ3n) is 2.26. The maximum atomic E-state index is 13.7. The minimum atomic E-state index is -4.50. The molecule has 0 radical (unpaired) electrons. The molecule has 1 aromatic carbocycles. The molecule has 0 unspecified atom stereocenters. The summed E-state index contributed by atoms with van der Waals surface area (Å²) >= 11 is 0. The number of halogens is 4. The smallest absolute Gasteiger partial charge is 0.320 e. The molecule has 0 atom stereocenters. The molecule has 0 aromatic heterocycles. The molecular formula is C12H12F4N2O2S. The van der Waals surface area contributed by atoms with Crippen molar-refractivity contribution in [3.63, 3.8) is 0 Å². The highest BCUT2D eigenvalue weighted by molar-refractivity contribution is 7.89. The van der Waals surface area contributed by atoms with Crippen molar-refractivity contribution < 1.29 is 26.0 Å².